The molecule has 4 heteroatoms. The van der Waals surface area contributed by atoms with Gasteiger partial charge in [0, 0.05) is 26.1 Å². The first-order valence-electron chi connectivity index (χ1n) is 4.83. The summed E-state index contributed by atoms with van der Waals surface area (Å²) in [5.74, 6) is 0.344. The molecule has 0 saturated carbocycles. The second-order valence-corrected chi connectivity index (χ2v) is 3.72. The topological polar surface area (TPSA) is 49.4 Å². The van der Waals surface area contributed by atoms with Gasteiger partial charge in [-0.25, -0.2) is 0 Å². The lowest BCUT2D eigenvalue weighted by Gasteiger charge is -2.35. The van der Waals surface area contributed by atoms with Crippen molar-refractivity contribution in [3.8, 4) is 0 Å². The van der Waals surface area contributed by atoms with Gasteiger partial charge in [0.1, 0.15) is 0 Å². The summed E-state index contributed by atoms with van der Waals surface area (Å²) in [5.41, 5.74) is 0. The third-order valence-electron chi connectivity index (χ3n) is 2.78. The molecule has 72 valence electrons. The molecule has 2 fully saturated rings. The molecule has 1 unspecified atom stereocenters. The standard InChI is InChI=1S/C9H14N2O2/c12-8-3-2-7(6-10-8)9(13)11-4-1-5-11/h7H,1-6H2,(H,10,12). The highest BCUT2D eigenvalue weighted by Gasteiger charge is 2.30. The second kappa shape index (κ2) is 3.36. The normalized spacial score (nSPS) is 27.8. The summed E-state index contributed by atoms with van der Waals surface area (Å²) < 4.78 is 0. The predicted octanol–water partition coefficient (Wildman–Crippen LogP) is -0.255. The van der Waals surface area contributed by atoms with Gasteiger partial charge in [0.05, 0.1) is 5.92 Å². The fourth-order valence-electron chi connectivity index (χ4n) is 1.74. The number of hydrogen-bond acceptors (Lipinski definition) is 2. The van der Waals surface area contributed by atoms with Crippen LogP contribution in [0.4, 0.5) is 0 Å². The van der Waals surface area contributed by atoms with Crippen LogP contribution in [0.15, 0.2) is 0 Å². The zero-order chi connectivity index (χ0) is 9.26. The molecule has 0 aliphatic carbocycles. The number of carbonyl (C=O) groups excluding carboxylic acids is 2. The van der Waals surface area contributed by atoms with Crippen LogP contribution in [0.2, 0.25) is 0 Å². The van der Waals surface area contributed by atoms with Crippen molar-refractivity contribution >= 4 is 11.8 Å². The monoisotopic (exact) mass is 182 g/mol. The molecule has 2 rings (SSSR count). The maximum atomic E-state index is 11.7. The average molecular weight is 182 g/mol. The summed E-state index contributed by atoms with van der Waals surface area (Å²) >= 11 is 0. The zero-order valence-electron chi connectivity index (χ0n) is 7.58. The molecule has 2 aliphatic heterocycles. The molecule has 0 radical (unpaired) electrons. The Morgan fingerprint density at radius 1 is 1.46 bits per heavy atom. The van der Waals surface area contributed by atoms with Crippen LogP contribution in [-0.2, 0) is 9.59 Å². The van der Waals surface area contributed by atoms with E-state index in [-0.39, 0.29) is 17.7 Å². The number of hydrogen-bond donors (Lipinski definition) is 1. The van der Waals surface area contributed by atoms with Gasteiger partial charge in [0.2, 0.25) is 11.8 Å². The highest BCUT2D eigenvalue weighted by molar-refractivity contribution is 5.84. The SMILES string of the molecule is O=C1CCC(C(=O)N2CCC2)CN1. The molecule has 2 amide bonds. The first kappa shape index (κ1) is 8.53. The van der Waals surface area contributed by atoms with E-state index in [0.717, 1.165) is 25.9 Å². The lowest BCUT2D eigenvalue weighted by molar-refractivity contribution is -0.140. The number of rotatable bonds is 1. The van der Waals surface area contributed by atoms with Crippen LogP contribution < -0.4 is 5.32 Å². The Kier molecular flexibility index (Phi) is 2.20. The molecule has 1 N–H and O–H groups in total. The molecule has 2 aliphatic rings. The summed E-state index contributed by atoms with van der Waals surface area (Å²) in [5, 5.41) is 2.73. The summed E-state index contributed by atoms with van der Waals surface area (Å²) in [6, 6.07) is 0. The fraction of sp³-hybridized carbons (Fsp3) is 0.778. The highest BCUT2D eigenvalue weighted by Crippen LogP contribution is 2.17. The first-order valence-corrected chi connectivity index (χ1v) is 4.83. The smallest absolute Gasteiger partial charge is 0.227 e. The van der Waals surface area contributed by atoms with E-state index in [9.17, 15) is 9.59 Å². The largest absolute Gasteiger partial charge is 0.355 e. The summed E-state index contributed by atoms with van der Waals surface area (Å²) in [6.07, 6.45) is 2.36. The van der Waals surface area contributed by atoms with E-state index in [4.69, 9.17) is 0 Å². The average Bonchev–Trinajstić information content (AvgIpc) is 2.02. The molecule has 0 aromatic heterocycles. The molecule has 0 aromatic rings. The lowest BCUT2D eigenvalue weighted by Crippen LogP contribution is -2.49. The van der Waals surface area contributed by atoms with E-state index >= 15 is 0 Å². The minimum atomic E-state index is 0.0398. The van der Waals surface area contributed by atoms with E-state index < -0.39 is 0 Å². The molecule has 4 nitrogen and oxygen atoms in total. The van der Waals surface area contributed by atoms with Crippen molar-refractivity contribution in [2.45, 2.75) is 19.3 Å². The van der Waals surface area contributed by atoms with Gasteiger partial charge in [-0.2, -0.15) is 0 Å². The van der Waals surface area contributed by atoms with Gasteiger partial charge in [0.15, 0.2) is 0 Å². The van der Waals surface area contributed by atoms with Crippen LogP contribution >= 0.6 is 0 Å². The Labute approximate surface area is 77.3 Å². The Hall–Kier alpha value is -1.06. The van der Waals surface area contributed by atoms with Gasteiger partial charge >= 0.3 is 0 Å². The van der Waals surface area contributed by atoms with Crippen molar-refractivity contribution < 1.29 is 9.59 Å². The molecule has 0 spiro atoms. The molecule has 2 saturated heterocycles. The van der Waals surface area contributed by atoms with Crippen LogP contribution in [0.5, 0.6) is 0 Å². The number of likely N-dealkylation sites (tertiary alicyclic amines) is 1. The first-order chi connectivity index (χ1) is 6.27. The van der Waals surface area contributed by atoms with Crippen LogP contribution in [0.1, 0.15) is 19.3 Å². The highest BCUT2D eigenvalue weighted by atomic mass is 16.2. The molecule has 0 aromatic carbocycles. The van der Waals surface area contributed by atoms with Crippen LogP contribution in [0.3, 0.4) is 0 Å². The molecular formula is C9H14N2O2. The molecule has 2 heterocycles. The van der Waals surface area contributed by atoms with Crippen LogP contribution in [-0.4, -0.2) is 36.3 Å². The number of nitrogens with zero attached hydrogens (tertiary/aromatic N) is 1. The lowest BCUT2D eigenvalue weighted by atomic mass is 9.96. The summed E-state index contributed by atoms with van der Waals surface area (Å²) in [7, 11) is 0. The van der Waals surface area contributed by atoms with Gasteiger partial charge < -0.3 is 10.2 Å². The third-order valence-corrected chi connectivity index (χ3v) is 2.78. The molecular weight excluding hydrogens is 168 g/mol. The predicted molar refractivity (Wildman–Crippen MR) is 46.9 cm³/mol. The van der Waals surface area contributed by atoms with Crippen molar-refractivity contribution in [1.29, 1.82) is 0 Å². The van der Waals surface area contributed by atoms with Gasteiger partial charge in [-0.15, -0.1) is 0 Å². The Morgan fingerprint density at radius 2 is 2.23 bits per heavy atom. The Morgan fingerprint density at radius 3 is 2.69 bits per heavy atom. The maximum Gasteiger partial charge on any atom is 0.227 e. The summed E-state index contributed by atoms with van der Waals surface area (Å²) in [4.78, 5) is 24.4. The van der Waals surface area contributed by atoms with E-state index in [1.807, 2.05) is 4.90 Å². The number of amides is 2. The van der Waals surface area contributed by atoms with Gasteiger partial charge in [0.25, 0.3) is 0 Å². The quantitative estimate of drug-likeness (QED) is 0.607. The van der Waals surface area contributed by atoms with Crippen molar-refractivity contribution in [3.05, 3.63) is 0 Å². The van der Waals surface area contributed by atoms with E-state index in [1.54, 1.807) is 0 Å². The van der Waals surface area contributed by atoms with Crippen LogP contribution in [0, 0.1) is 5.92 Å². The van der Waals surface area contributed by atoms with Gasteiger partial charge in [-0.05, 0) is 12.8 Å². The van der Waals surface area contributed by atoms with Gasteiger partial charge in [-0.3, -0.25) is 9.59 Å². The third kappa shape index (κ3) is 1.66. The van der Waals surface area contributed by atoms with Crippen molar-refractivity contribution in [1.82, 2.24) is 10.2 Å². The van der Waals surface area contributed by atoms with E-state index in [2.05, 4.69) is 5.32 Å². The Balaban J connectivity index is 1.86. The van der Waals surface area contributed by atoms with Crippen LogP contribution in [0.25, 0.3) is 0 Å². The molecule has 13 heavy (non-hydrogen) atoms. The summed E-state index contributed by atoms with van der Waals surface area (Å²) in [6.45, 7) is 2.35. The van der Waals surface area contributed by atoms with Crippen molar-refractivity contribution in [2.24, 2.45) is 5.92 Å². The van der Waals surface area contributed by atoms with Gasteiger partial charge in [-0.1, -0.05) is 0 Å². The fourth-order valence-corrected chi connectivity index (χ4v) is 1.74. The van der Waals surface area contributed by atoms with E-state index in [0.29, 0.717) is 13.0 Å². The van der Waals surface area contributed by atoms with E-state index in [1.165, 1.54) is 0 Å². The Bertz CT molecular complexity index is 226. The minimum absolute atomic E-state index is 0.0398. The zero-order valence-corrected chi connectivity index (χ0v) is 7.58. The van der Waals surface area contributed by atoms with Crippen molar-refractivity contribution in [2.75, 3.05) is 19.6 Å². The number of carbonyl (C=O) groups is 2. The molecule has 0 bridgehead atoms. The minimum Gasteiger partial charge on any atom is -0.355 e. The second-order valence-electron chi connectivity index (χ2n) is 3.72. The van der Waals surface area contributed by atoms with Crippen molar-refractivity contribution in [3.63, 3.8) is 0 Å². The number of nitrogens with one attached hydrogen (secondary N) is 1. The number of piperidine rings is 1. The molecule has 1 atom stereocenters. The maximum absolute atomic E-state index is 11.7.